The summed E-state index contributed by atoms with van der Waals surface area (Å²) in [5.41, 5.74) is 2.39. The SMILES string of the molecule is COc1cc(/C=C\C2=CC=CSC2)cc(OC)c1. The minimum atomic E-state index is 0.806. The fraction of sp³-hybridized carbons (Fsp3) is 0.200. The van der Waals surface area contributed by atoms with Crippen molar-refractivity contribution < 1.29 is 9.47 Å². The van der Waals surface area contributed by atoms with E-state index in [1.54, 1.807) is 26.0 Å². The third-order valence-corrected chi connectivity index (χ3v) is 3.45. The normalized spacial score (nSPS) is 14.7. The Morgan fingerprint density at radius 2 is 1.78 bits per heavy atom. The molecule has 0 aliphatic carbocycles. The third kappa shape index (κ3) is 3.44. The van der Waals surface area contributed by atoms with Gasteiger partial charge in [0.05, 0.1) is 14.2 Å². The van der Waals surface area contributed by atoms with Gasteiger partial charge in [-0.25, -0.2) is 0 Å². The maximum absolute atomic E-state index is 5.25. The molecule has 0 N–H and O–H groups in total. The summed E-state index contributed by atoms with van der Waals surface area (Å²) < 4.78 is 10.5. The van der Waals surface area contributed by atoms with Gasteiger partial charge >= 0.3 is 0 Å². The molecule has 0 spiro atoms. The van der Waals surface area contributed by atoms with Crippen LogP contribution < -0.4 is 9.47 Å². The van der Waals surface area contributed by atoms with E-state index in [1.807, 2.05) is 18.2 Å². The van der Waals surface area contributed by atoms with Crippen LogP contribution in [-0.4, -0.2) is 20.0 Å². The van der Waals surface area contributed by atoms with Crippen molar-refractivity contribution in [1.29, 1.82) is 0 Å². The van der Waals surface area contributed by atoms with Crippen LogP contribution in [0.4, 0.5) is 0 Å². The number of ether oxygens (including phenoxy) is 2. The summed E-state index contributed by atoms with van der Waals surface area (Å²) in [6, 6.07) is 5.85. The zero-order valence-corrected chi connectivity index (χ0v) is 11.4. The molecule has 18 heavy (non-hydrogen) atoms. The largest absolute Gasteiger partial charge is 0.497 e. The van der Waals surface area contributed by atoms with E-state index in [1.165, 1.54) is 5.57 Å². The molecule has 3 heteroatoms. The Balaban J connectivity index is 2.19. The van der Waals surface area contributed by atoms with Gasteiger partial charge in [-0.2, -0.15) is 0 Å². The second-order valence-corrected chi connectivity index (χ2v) is 4.75. The quantitative estimate of drug-likeness (QED) is 0.818. The van der Waals surface area contributed by atoms with Gasteiger partial charge in [0.1, 0.15) is 11.5 Å². The van der Waals surface area contributed by atoms with Crippen molar-refractivity contribution >= 4 is 17.8 Å². The smallest absolute Gasteiger partial charge is 0.123 e. The van der Waals surface area contributed by atoms with Gasteiger partial charge in [-0.1, -0.05) is 24.3 Å². The second-order valence-electron chi connectivity index (χ2n) is 3.86. The van der Waals surface area contributed by atoms with Crippen LogP contribution in [0.2, 0.25) is 0 Å². The van der Waals surface area contributed by atoms with E-state index >= 15 is 0 Å². The molecule has 0 fully saturated rings. The zero-order chi connectivity index (χ0) is 12.8. The monoisotopic (exact) mass is 260 g/mol. The molecule has 0 bridgehead atoms. The second kappa shape index (κ2) is 6.36. The van der Waals surface area contributed by atoms with Gasteiger partial charge in [-0.15, -0.1) is 11.8 Å². The van der Waals surface area contributed by atoms with E-state index in [0.717, 1.165) is 22.8 Å². The number of methoxy groups -OCH3 is 2. The molecule has 0 aromatic heterocycles. The molecule has 0 amide bonds. The van der Waals surface area contributed by atoms with Crippen molar-refractivity contribution in [2.24, 2.45) is 0 Å². The number of rotatable bonds is 4. The fourth-order valence-corrected chi connectivity index (χ4v) is 2.31. The minimum Gasteiger partial charge on any atom is -0.497 e. The topological polar surface area (TPSA) is 18.5 Å². The van der Waals surface area contributed by atoms with Crippen molar-refractivity contribution in [3.63, 3.8) is 0 Å². The number of benzene rings is 1. The maximum Gasteiger partial charge on any atom is 0.123 e. The van der Waals surface area contributed by atoms with Gasteiger partial charge in [0, 0.05) is 11.8 Å². The lowest BCUT2D eigenvalue weighted by Crippen LogP contribution is -1.89. The summed E-state index contributed by atoms with van der Waals surface area (Å²) in [4.78, 5) is 0. The highest BCUT2D eigenvalue weighted by molar-refractivity contribution is 8.02. The summed E-state index contributed by atoms with van der Waals surface area (Å²) in [6.45, 7) is 0. The van der Waals surface area contributed by atoms with E-state index < -0.39 is 0 Å². The molecule has 2 rings (SSSR count). The fourth-order valence-electron chi connectivity index (χ4n) is 1.64. The number of thioether (sulfide) groups is 1. The molecule has 1 aromatic rings. The van der Waals surface area contributed by atoms with Gasteiger partial charge in [0.25, 0.3) is 0 Å². The Labute approximate surface area is 112 Å². The average Bonchev–Trinajstić information content (AvgIpc) is 2.45. The zero-order valence-electron chi connectivity index (χ0n) is 10.6. The lowest BCUT2D eigenvalue weighted by Gasteiger charge is -2.06. The molecule has 1 heterocycles. The molecule has 0 saturated carbocycles. The first-order valence-electron chi connectivity index (χ1n) is 5.70. The molecule has 1 aliphatic rings. The predicted octanol–water partition coefficient (Wildman–Crippen LogP) is 3.90. The number of hydrogen-bond donors (Lipinski definition) is 0. The molecule has 2 nitrogen and oxygen atoms in total. The number of allylic oxidation sites excluding steroid dienone is 3. The lowest BCUT2D eigenvalue weighted by atomic mass is 10.1. The van der Waals surface area contributed by atoms with Gasteiger partial charge in [-0.05, 0) is 28.7 Å². The highest BCUT2D eigenvalue weighted by Crippen LogP contribution is 2.24. The van der Waals surface area contributed by atoms with Crippen LogP contribution in [0.25, 0.3) is 6.08 Å². The highest BCUT2D eigenvalue weighted by Gasteiger charge is 2.00. The highest BCUT2D eigenvalue weighted by atomic mass is 32.2. The van der Waals surface area contributed by atoms with Crippen molar-refractivity contribution in [2.75, 3.05) is 20.0 Å². The molecule has 94 valence electrons. The van der Waals surface area contributed by atoms with E-state index in [4.69, 9.17) is 9.47 Å². The van der Waals surface area contributed by atoms with Crippen molar-refractivity contribution in [3.8, 4) is 11.5 Å². The summed E-state index contributed by atoms with van der Waals surface area (Å²) in [7, 11) is 3.32. The van der Waals surface area contributed by atoms with Gasteiger partial charge < -0.3 is 9.47 Å². The molecule has 1 aliphatic heterocycles. The molecule has 0 saturated heterocycles. The molecule has 0 atom stereocenters. The van der Waals surface area contributed by atoms with Crippen LogP contribution in [0, 0.1) is 0 Å². The van der Waals surface area contributed by atoms with Gasteiger partial charge in [0.15, 0.2) is 0 Å². The first kappa shape index (κ1) is 12.8. The first-order chi connectivity index (χ1) is 8.81. The summed E-state index contributed by atoms with van der Waals surface area (Å²) >= 11 is 1.80. The van der Waals surface area contributed by atoms with E-state index in [9.17, 15) is 0 Å². The van der Waals surface area contributed by atoms with Crippen molar-refractivity contribution in [2.45, 2.75) is 0 Å². The molecule has 0 unspecified atom stereocenters. The van der Waals surface area contributed by atoms with Crippen LogP contribution in [-0.2, 0) is 0 Å². The third-order valence-electron chi connectivity index (χ3n) is 2.60. The molecular formula is C15H16O2S. The molecular weight excluding hydrogens is 244 g/mol. The van der Waals surface area contributed by atoms with E-state index in [0.29, 0.717) is 0 Å². The van der Waals surface area contributed by atoms with Crippen LogP contribution in [0.5, 0.6) is 11.5 Å². The average molecular weight is 260 g/mol. The van der Waals surface area contributed by atoms with Crippen molar-refractivity contribution in [1.82, 2.24) is 0 Å². The van der Waals surface area contributed by atoms with E-state index in [-0.39, 0.29) is 0 Å². The summed E-state index contributed by atoms with van der Waals surface area (Å²) in [5.74, 6) is 2.63. The Hall–Kier alpha value is -1.61. The summed E-state index contributed by atoms with van der Waals surface area (Å²) in [6.07, 6.45) is 8.41. The Kier molecular flexibility index (Phi) is 4.53. The van der Waals surface area contributed by atoms with Crippen LogP contribution >= 0.6 is 11.8 Å². The van der Waals surface area contributed by atoms with Crippen LogP contribution in [0.15, 0.2) is 47.4 Å². The van der Waals surface area contributed by atoms with Crippen LogP contribution in [0.1, 0.15) is 5.56 Å². The standard InChI is InChI=1S/C15H16O2S/c1-16-14-8-13(9-15(10-14)17-2)6-5-12-4-3-7-18-11-12/h3-10H,11H2,1-2H3/b6-5-. The Morgan fingerprint density at radius 1 is 1.06 bits per heavy atom. The van der Waals surface area contributed by atoms with Gasteiger partial charge in [-0.3, -0.25) is 0 Å². The van der Waals surface area contributed by atoms with Crippen LogP contribution in [0.3, 0.4) is 0 Å². The summed E-state index contributed by atoms with van der Waals surface area (Å²) in [5, 5.41) is 2.10. The van der Waals surface area contributed by atoms with Crippen molar-refractivity contribution in [3.05, 3.63) is 53.0 Å². The maximum atomic E-state index is 5.25. The molecule has 1 aromatic carbocycles. The number of hydrogen-bond acceptors (Lipinski definition) is 3. The molecule has 0 radical (unpaired) electrons. The van der Waals surface area contributed by atoms with E-state index in [2.05, 4.69) is 29.7 Å². The Bertz CT molecular complexity index is 479. The Morgan fingerprint density at radius 3 is 2.33 bits per heavy atom. The van der Waals surface area contributed by atoms with Gasteiger partial charge in [0.2, 0.25) is 0 Å². The minimum absolute atomic E-state index is 0.806. The first-order valence-corrected chi connectivity index (χ1v) is 6.75. The lowest BCUT2D eigenvalue weighted by molar-refractivity contribution is 0.394. The predicted molar refractivity (Wildman–Crippen MR) is 78.3 cm³/mol.